The summed E-state index contributed by atoms with van der Waals surface area (Å²) in [6.45, 7) is 13.9. The van der Waals surface area contributed by atoms with Crippen LogP contribution in [-0.4, -0.2) is 37.2 Å². The van der Waals surface area contributed by atoms with Crippen LogP contribution in [0.2, 0.25) is 0 Å². The SMILES string of the molecule is CC(C)(C)C1(C)CN(C2COC2)C1. The molecular formula is C11H21NO. The largest absolute Gasteiger partial charge is 0.378 e. The summed E-state index contributed by atoms with van der Waals surface area (Å²) in [5.41, 5.74) is 0.955. The van der Waals surface area contributed by atoms with Crippen molar-refractivity contribution in [2.24, 2.45) is 10.8 Å². The second-order valence-corrected chi connectivity index (χ2v) is 5.91. The Bertz CT molecular complexity index is 197. The summed E-state index contributed by atoms with van der Waals surface area (Å²) >= 11 is 0. The fourth-order valence-corrected chi connectivity index (χ4v) is 2.02. The normalized spacial score (nSPS) is 29.5. The van der Waals surface area contributed by atoms with Crippen LogP contribution in [0.25, 0.3) is 0 Å². The van der Waals surface area contributed by atoms with Crippen molar-refractivity contribution in [3.63, 3.8) is 0 Å². The van der Waals surface area contributed by atoms with E-state index in [1.54, 1.807) is 0 Å². The Labute approximate surface area is 81.3 Å². The first-order chi connectivity index (χ1) is 5.92. The summed E-state index contributed by atoms with van der Waals surface area (Å²) in [6.07, 6.45) is 0. The topological polar surface area (TPSA) is 12.5 Å². The fraction of sp³-hybridized carbons (Fsp3) is 1.00. The maximum Gasteiger partial charge on any atom is 0.0645 e. The molecule has 0 atom stereocenters. The lowest BCUT2D eigenvalue weighted by molar-refractivity contribution is -0.154. The van der Waals surface area contributed by atoms with Gasteiger partial charge < -0.3 is 4.74 Å². The highest BCUT2D eigenvalue weighted by Crippen LogP contribution is 2.46. The van der Waals surface area contributed by atoms with Gasteiger partial charge in [0.05, 0.1) is 19.3 Å². The summed E-state index contributed by atoms with van der Waals surface area (Å²) in [5.74, 6) is 0. The van der Waals surface area contributed by atoms with E-state index in [1.807, 2.05) is 0 Å². The van der Waals surface area contributed by atoms with Gasteiger partial charge in [-0.3, -0.25) is 4.90 Å². The van der Waals surface area contributed by atoms with E-state index in [0.29, 0.717) is 10.8 Å². The maximum atomic E-state index is 5.20. The molecule has 2 fully saturated rings. The van der Waals surface area contributed by atoms with Crippen molar-refractivity contribution in [2.75, 3.05) is 26.3 Å². The number of hydrogen-bond acceptors (Lipinski definition) is 2. The van der Waals surface area contributed by atoms with E-state index >= 15 is 0 Å². The Balaban J connectivity index is 1.88. The van der Waals surface area contributed by atoms with Crippen molar-refractivity contribution in [3.8, 4) is 0 Å². The molecule has 0 N–H and O–H groups in total. The zero-order valence-electron chi connectivity index (χ0n) is 9.26. The number of ether oxygens (including phenoxy) is 1. The number of rotatable bonds is 1. The highest BCUT2D eigenvalue weighted by molar-refractivity contribution is 5.02. The van der Waals surface area contributed by atoms with Crippen LogP contribution in [0.15, 0.2) is 0 Å². The van der Waals surface area contributed by atoms with Crippen LogP contribution in [0, 0.1) is 10.8 Å². The van der Waals surface area contributed by atoms with Crippen LogP contribution < -0.4 is 0 Å². The molecule has 2 rings (SSSR count). The maximum absolute atomic E-state index is 5.20. The first kappa shape index (κ1) is 9.47. The quantitative estimate of drug-likeness (QED) is 0.614. The molecule has 2 aliphatic rings. The van der Waals surface area contributed by atoms with Gasteiger partial charge in [-0.1, -0.05) is 27.7 Å². The van der Waals surface area contributed by atoms with Gasteiger partial charge >= 0.3 is 0 Å². The van der Waals surface area contributed by atoms with Gasteiger partial charge in [0.25, 0.3) is 0 Å². The lowest BCUT2D eigenvalue weighted by Gasteiger charge is -2.59. The molecular weight excluding hydrogens is 162 g/mol. The second kappa shape index (κ2) is 2.71. The minimum atomic E-state index is 0.439. The Hall–Kier alpha value is -0.0800. The van der Waals surface area contributed by atoms with E-state index in [1.165, 1.54) is 13.1 Å². The van der Waals surface area contributed by atoms with E-state index in [2.05, 4.69) is 32.6 Å². The van der Waals surface area contributed by atoms with Gasteiger partial charge in [0.2, 0.25) is 0 Å². The Morgan fingerprint density at radius 1 is 1.23 bits per heavy atom. The predicted molar refractivity (Wildman–Crippen MR) is 53.7 cm³/mol. The van der Waals surface area contributed by atoms with Crippen molar-refractivity contribution in [3.05, 3.63) is 0 Å². The third-order valence-corrected chi connectivity index (χ3v) is 4.05. The van der Waals surface area contributed by atoms with Crippen LogP contribution >= 0.6 is 0 Å². The summed E-state index contributed by atoms with van der Waals surface area (Å²) in [7, 11) is 0. The Morgan fingerprint density at radius 3 is 2.08 bits per heavy atom. The van der Waals surface area contributed by atoms with E-state index in [-0.39, 0.29) is 0 Å². The van der Waals surface area contributed by atoms with Gasteiger partial charge in [0, 0.05) is 13.1 Å². The molecule has 13 heavy (non-hydrogen) atoms. The third kappa shape index (κ3) is 1.40. The molecule has 0 aromatic carbocycles. The van der Waals surface area contributed by atoms with Crippen molar-refractivity contribution in [1.82, 2.24) is 4.90 Å². The summed E-state index contributed by atoms with van der Waals surface area (Å²) in [6, 6.07) is 0.732. The lowest BCUT2D eigenvalue weighted by Crippen LogP contribution is -2.67. The second-order valence-electron chi connectivity index (χ2n) is 5.91. The molecule has 0 saturated carbocycles. The van der Waals surface area contributed by atoms with E-state index in [9.17, 15) is 0 Å². The zero-order chi connectivity index (χ0) is 9.69. The molecule has 0 spiro atoms. The molecule has 0 unspecified atom stereocenters. The van der Waals surface area contributed by atoms with Gasteiger partial charge in [0.15, 0.2) is 0 Å². The van der Waals surface area contributed by atoms with E-state index in [0.717, 1.165) is 19.3 Å². The molecule has 0 aliphatic carbocycles. The highest BCUT2D eigenvalue weighted by atomic mass is 16.5. The summed E-state index contributed by atoms with van der Waals surface area (Å²) in [5, 5.41) is 0. The smallest absolute Gasteiger partial charge is 0.0645 e. The zero-order valence-corrected chi connectivity index (χ0v) is 9.26. The number of likely N-dealkylation sites (tertiary alicyclic amines) is 1. The molecule has 2 heteroatoms. The van der Waals surface area contributed by atoms with Gasteiger partial charge in [-0.2, -0.15) is 0 Å². The van der Waals surface area contributed by atoms with Crippen LogP contribution in [-0.2, 0) is 4.74 Å². The monoisotopic (exact) mass is 183 g/mol. The van der Waals surface area contributed by atoms with Crippen molar-refractivity contribution >= 4 is 0 Å². The highest BCUT2D eigenvalue weighted by Gasteiger charge is 2.49. The molecule has 0 amide bonds. The first-order valence-electron chi connectivity index (χ1n) is 5.24. The van der Waals surface area contributed by atoms with Gasteiger partial charge in [-0.05, 0) is 10.8 Å². The van der Waals surface area contributed by atoms with Crippen LogP contribution in [0.3, 0.4) is 0 Å². The molecule has 0 aromatic rings. The molecule has 0 bridgehead atoms. The average molecular weight is 183 g/mol. The van der Waals surface area contributed by atoms with Crippen molar-refractivity contribution in [1.29, 1.82) is 0 Å². The van der Waals surface area contributed by atoms with E-state index in [4.69, 9.17) is 4.74 Å². The van der Waals surface area contributed by atoms with Crippen molar-refractivity contribution in [2.45, 2.75) is 33.7 Å². The van der Waals surface area contributed by atoms with Crippen molar-refractivity contribution < 1.29 is 4.74 Å². The molecule has 2 nitrogen and oxygen atoms in total. The third-order valence-electron chi connectivity index (χ3n) is 4.05. The van der Waals surface area contributed by atoms with Crippen LogP contribution in [0.4, 0.5) is 0 Å². The fourth-order valence-electron chi connectivity index (χ4n) is 2.02. The average Bonchev–Trinajstić information content (AvgIpc) is 1.76. The number of nitrogens with zero attached hydrogens (tertiary/aromatic N) is 1. The Kier molecular flexibility index (Phi) is 1.97. The molecule has 2 heterocycles. The molecule has 0 radical (unpaired) electrons. The van der Waals surface area contributed by atoms with Crippen LogP contribution in [0.5, 0.6) is 0 Å². The summed E-state index contributed by atoms with van der Waals surface area (Å²) in [4.78, 5) is 2.56. The minimum Gasteiger partial charge on any atom is -0.378 e. The molecule has 2 saturated heterocycles. The first-order valence-corrected chi connectivity index (χ1v) is 5.24. The van der Waals surface area contributed by atoms with Crippen LogP contribution in [0.1, 0.15) is 27.7 Å². The Morgan fingerprint density at radius 2 is 1.77 bits per heavy atom. The standard InChI is InChI=1S/C11H21NO/c1-10(2,3)11(4)7-12(8-11)9-5-13-6-9/h9H,5-8H2,1-4H3. The minimum absolute atomic E-state index is 0.439. The molecule has 76 valence electrons. The predicted octanol–water partition coefficient (Wildman–Crippen LogP) is 1.75. The van der Waals surface area contributed by atoms with Gasteiger partial charge in [0.1, 0.15) is 0 Å². The lowest BCUT2D eigenvalue weighted by atomic mass is 9.62. The van der Waals surface area contributed by atoms with Gasteiger partial charge in [-0.25, -0.2) is 0 Å². The number of hydrogen-bond donors (Lipinski definition) is 0. The molecule has 2 aliphatic heterocycles. The van der Waals surface area contributed by atoms with E-state index < -0.39 is 0 Å². The van der Waals surface area contributed by atoms with Gasteiger partial charge in [-0.15, -0.1) is 0 Å². The molecule has 0 aromatic heterocycles. The summed E-state index contributed by atoms with van der Waals surface area (Å²) < 4.78 is 5.20.